The zero-order valence-corrected chi connectivity index (χ0v) is 17.7. The van der Waals surface area contributed by atoms with Gasteiger partial charge in [-0.15, -0.1) is 0 Å². The minimum absolute atomic E-state index is 0.106. The van der Waals surface area contributed by atoms with Gasteiger partial charge in [-0.1, -0.05) is 18.2 Å². The zero-order valence-electron chi connectivity index (χ0n) is 17.7. The molecule has 0 saturated heterocycles. The first kappa shape index (κ1) is 22.3. The normalized spacial score (nSPS) is 14.6. The quantitative estimate of drug-likeness (QED) is 0.391. The number of hydrogen-bond donors (Lipinski definition) is 0. The Morgan fingerprint density at radius 3 is 2.45 bits per heavy atom. The molecule has 0 bridgehead atoms. The van der Waals surface area contributed by atoms with Crippen molar-refractivity contribution in [2.75, 3.05) is 0 Å². The molecule has 0 fully saturated rings. The third-order valence-electron chi connectivity index (χ3n) is 4.29. The number of hydrogen-bond acceptors (Lipinski definition) is 3. The standard InChI is InChI=1S/C24H28F2N2O/c1-16(2)24(18(5)12-13-27-17(3)4)28-14-8-11-23(19(28)6)29-15-20-21(25)9-7-10-22(20)26/h7-14,17H,6,15H2,1-5H3/b18-12+,27-13?. The Bertz CT molecular complexity index is 897. The Hall–Kier alpha value is -2.95. The highest BCUT2D eigenvalue weighted by molar-refractivity contribution is 5.73. The summed E-state index contributed by atoms with van der Waals surface area (Å²) in [6, 6.07) is 3.98. The van der Waals surface area contributed by atoms with E-state index in [1.54, 1.807) is 12.3 Å². The molecule has 1 aromatic rings. The van der Waals surface area contributed by atoms with Crippen LogP contribution in [0, 0.1) is 11.6 Å². The van der Waals surface area contributed by atoms with Crippen LogP contribution < -0.4 is 0 Å². The van der Waals surface area contributed by atoms with Crippen LogP contribution >= 0.6 is 0 Å². The van der Waals surface area contributed by atoms with Gasteiger partial charge in [0.05, 0.1) is 11.3 Å². The summed E-state index contributed by atoms with van der Waals surface area (Å²) in [5.74, 6) is -0.808. The Balaban J connectivity index is 2.22. The summed E-state index contributed by atoms with van der Waals surface area (Å²) < 4.78 is 33.5. The van der Waals surface area contributed by atoms with E-state index in [-0.39, 0.29) is 18.2 Å². The van der Waals surface area contributed by atoms with E-state index in [0.717, 1.165) is 16.8 Å². The molecule has 29 heavy (non-hydrogen) atoms. The molecule has 1 aliphatic heterocycles. The van der Waals surface area contributed by atoms with Gasteiger partial charge < -0.3 is 9.64 Å². The van der Waals surface area contributed by atoms with Crippen molar-refractivity contribution in [1.82, 2.24) is 4.90 Å². The van der Waals surface area contributed by atoms with Gasteiger partial charge in [0.1, 0.15) is 24.0 Å². The maximum absolute atomic E-state index is 13.9. The van der Waals surface area contributed by atoms with Gasteiger partial charge in [0.2, 0.25) is 0 Å². The van der Waals surface area contributed by atoms with E-state index in [4.69, 9.17) is 4.74 Å². The molecule has 5 heteroatoms. The molecule has 0 amide bonds. The molecule has 154 valence electrons. The molecule has 0 aromatic heterocycles. The molecule has 0 aliphatic carbocycles. The second kappa shape index (κ2) is 10.0. The van der Waals surface area contributed by atoms with Crippen molar-refractivity contribution in [3.8, 4) is 0 Å². The number of rotatable bonds is 7. The van der Waals surface area contributed by atoms with Crippen LogP contribution in [0.1, 0.15) is 40.2 Å². The topological polar surface area (TPSA) is 24.8 Å². The summed E-state index contributed by atoms with van der Waals surface area (Å²) >= 11 is 0. The molecule has 0 saturated carbocycles. The number of benzene rings is 1. The minimum atomic E-state index is -0.632. The fourth-order valence-electron chi connectivity index (χ4n) is 2.91. The fourth-order valence-corrected chi connectivity index (χ4v) is 2.91. The van der Waals surface area contributed by atoms with Gasteiger partial charge in [-0.05, 0) is 70.6 Å². The summed E-state index contributed by atoms with van der Waals surface area (Å²) in [7, 11) is 0. The molecule has 0 unspecified atom stereocenters. The second-order valence-electron chi connectivity index (χ2n) is 7.27. The van der Waals surface area contributed by atoms with Gasteiger partial charge >= 0.3 is 0 Å². The lowest BCUT2D eigenvalue weighted by molar-refractivity contribution is 0.188. The van der Waals surface area contributed by atoms with Crippen molar-refractivity contribution >= 4 is 6.21 Å². The average Bonchev–Trinajstić information content (AvgIpc) is 2.63. The molecule has 3 nitrogen and oxygen atoms in total. The van der Waals surface area contributed by atoms with Crippen molar-refractivity contribution in [3.63, 3.8) is 0 Å². The Kier molecular flexibility index (Phi) is 7.71. The zero-order chi connectivity index (χ0) is 21.6. The monoisotopic (exact) mass is 398 g/mol. The van der Waals surface area contributed by atoms with E-state index in [2.05, 4.69) is 11.6 Å². The van der Waals surface area contributed by atoms with Crippen LogP contribution in [0.4, 0.5) is 8.78 Å². The van der Waals surface area contributed by atoms with Gasteiger partial charge in [-0.2, -0.15) is 0 Å². The highest BCUT2D eigenvalue weighted by Crippen LogP contribution is 2.30. The van der Waals surface area contributed by atoms with Crippen molar-refractivity contribution in [2.24, 2.45) is 4.99 Å². The summed E-state index contributed by atoms with van der Waals surface area (Å²) in [5.41, 5.74) is 3.55. The molecule has 0 spiro atoms. The molecule has 0 radical (unpaired) electrons. The van der Waals surface area contributed by atoms with E-state index < -0.39 is 11.6 Å². The van der Waals surface area contributed by atoms with Crippen LogP contribution in [0.2, 0.25) is 0 Å². The lowest BCUT2D eigenvalue weighted by Crippen LogP contribution is -2.22. The first-order valence-corrected chi connectivity index (χ1v) is 9.53. The molecule has 0 N–H and O–H groups in total. The number of aliphatic imine (C=N–C) groups is 1. The summed E-state index contributed by atoms with van der Waals surface area (Å²) in [4.78, 5) is 6.29. The summed E-state index contributed by atoms with van der Waals surface area (Å²) in [6.07, 6.45) is 9.20. The minimum Gasteiger partial charge on any atom is -0.487 e. The van der Waals surface area contributed by atoms with Crippen LogP contribution in [0.5, 0.6) is 0 Å². The maximum Gasteiger partial charge on any atom is 0.143 e. The third kappa shape index (κ3) is 5.76. The Morgan fingerprint density at radius 1 is 1.21 bits per heavy atom. The molecule has 1 aromatic carbocycles. The molecule has 1 heterocycles. The van der Waals surface area contributed by atoms with Crippen molar-refractivity contribution in [1.29, 1.82) is 0 Å². The van der Waals surface area contributed by atoms with E-state index in [1.807, 2.05) is 57.9 Å². The van der Waals surface area contributed by atoms with Gasteiger partial charge in [-0.25, -0.2) is 8.78 Å². The molecule has 1 aliphatic rings. The second-order valence-corrected chi connectivity index (χ2v) is 7.27. The van der Waals surface area contributed by atoms with E-state index >= 15 is 0 Å². The van der Waals surface area contributed by atoms with Crippen LogP contribution in [-0.4, -0.2) is 17.2 Å². The van der Waals surface area contributed by atoms with Crippen molar-refractivity contribution < 1.29 is 13.5 Å². The van der Waals surface area contributed by atoms with Crippen LogP contribution in [0.25, 0.3) is 0 Å². The predicted molar refractivity (Wildman–Crippen MR) is 115 cm³/mol. The van der Waals surface area contributed by atoms with Crippen LogP contribution in [0.15, 0.2) is 82.5 Å². The lowest BCUT2D eigenvalue weighted by Gasteiger charge is -2.30. The maximum atomic E-state index is 13.9. The van der Waals surface area contributed by atoms with Gasteiger partial charge in [0.25, 0.3) is 0 Å². The highest BCUT2D eigenvalue weighted by atomic mass is 19.1. The largest absolute Gasteiger partial charge is 0.487 e. The smallest absolute Gasteiger partial charge is 0.143 e. The SMILES string of the molecule is C=C1C(OCc2c(F)cccc2F)=CC=CN1C(=C(C)C)/C(C)=C/C=NC(C)C. The summed E-state index contributed by atoms with van der Waals surface area (Å²) in [6.45, 7) is 14.0. The van der Waals surface area contributed by atoms with Crippen LogP contribution in [0.3, 0.4) is 0 Å². The third-order valence-corrected chi connectivity index (χ3v) is 4.29. The number of halogens is 2. The first-order chi connectivity index (χ1) is 13.7. The average molecular weight is 398 g/mol. The molecule has 2 rings (SSSR count). The Labute approximate surface area is 172 Å². The molecular formula is C24H28F2N2O. The first-order valence-electron chi connectivity index (χ1n) is 9.53. The molecule has 0 atom stereocenters. The van der Waals surface area contributed by atoms with Crippen LogP contribution in [-0.2, 0) is 11.3 Å². The van der Waals surface area contributed by atoms with E-state index in [0.29, 0.717) is 11.5 Å². The highest BCUT2D eigenvalue weighted by Gasteiger charge is 2.21. The number of ether oxygens (including phenoxy) is 1. The van der Waals surface area contributed by atoms with Crippen molar-refractivity contribution in [3.05, 3.63) is 94.7 Å². The lowest BCUT2D eigenvalue weighted by atomic mass is 10.1. The fraction of sp³-hybridized carbons (Fsp3) is 0.292. The van der Waals surface area contributed by atoms with Crippen molar-refractivity contribution in [2.45, 2.75) is 47.3 Å². The van der Waals surface area contributed by atoms with Gasteiger partial charge in [-0.3, -0.25) is 4.99 Å². The van der Waals surface area contributed by atoms with Gasteiger partial charge in [0.15, 0.2) is 0 Å². The number of nitrogens with zero attached hydrogens (tertiary/aromatic N) is 2. The number of allylic oxidation sites excluding steroid dienone is 5. The molecular weight excluding hydrogens is 370 g/mol. The van der Waals surface area contributed by atoms with Gasteiger partial charge in [0, 0.05) is 24.2 Å². The van der Waals surface area contributed by atoms with E-state index in [1.165, 1.54) is 18.2 Å². The Morgan fingerprint density at radius 2 is 1.86 bits per heavy atom. The summed E-state index contributed by atoms with van der Waals surface area (Å²) in [5, 5.41) is 0. The van der Waals surface area contributed by atoms with E-state index in [9.17, 15) is 8.78 Å². The predicted octanol–water partition coefficient (Wildman–Crippen LogP) is 6.43.